The second kappa shape index (κ2) is 12.5. The summed E-state index contributed by atoms with van der Waals surface area (Å²) in [5, 5.41) is 11.4. The number of aromatic hydroxyl groups is 1. The fraction of sp³-hybridized carbons (Fsp3) is 0.424. The van der Waals surface area contributed by atoms with E-state index < -0.39 is 16.4 Å². The van der Waals surface area contributed by atoms with Crippen molar-refractivity contribution in [2.24, 2.45) is 0 Å². The Balaban J connectivity index is 1.23. The summed E-state index contributed by atoms with van der Waals surface area (Å²) < 4.78 is 30.2. The number of rotatable bonds is 7. The van der Waals surface area contributed by atoms with Gasteiger partial charge in [0.1, 0.15) is 5.60 Å². The predicted octanol–water partition coefficient (Wildman–Crippen LogP) is 5.73. The van der Waals surface area contributed by atoms with Crippen molar-refractivity contribution in [3.8, 4) is 17.2 Å². The van der Waals surface area contributed by atoms with Gasteiger partial charge in [0.2, 0.25) is 5.75 Å². The van der Waals surface area contributed by atoms with Crippen molar-refractivity contribution < 1.29 is 28.3 Å². The molecule has 234 valence electrons. The number of benzene rings is 3. The highest BCUT2D eigenvalue weighted by Crippen LogP contribution is 2.47. The predicted molar refractivity (Wildman–Crippen MR) is 171 cm³/mol. The number of piperidine rings is 1. The Hall–Kier alpha value is -2.82. The summed E-state index contributed by atoms with van der Waals surface area (Å²) in [4.78, 5) is 18.0. The molecule has 0 radical (unpaired) electrons. The third kappa shape index (κ3) is 5.58. The number of carbonyl (C=O) groups excluding carboxylic acids is 1. The second-order valence-corrected chi connectivity index (χ2v) is 14.2. The number of carbonyl (C=O) groups is 1. The molecule has 0 aliphatic carbocycles. The van der Waals surface area contributed by atoms with E-state index in [1.54, 1.807) is 17.0 Å². The Morgan fingerprint density at radius 3 is 2.52 bits per heavy atom. The lowest BCUT2D eigenvalue weighted by Crippen LogP contribution is -2.53. The van der Waals surface area contributed by atoms with Crippen molar-refractivity contribution in [2.75, 3.05) is 53.6 Å². The van der Waals surface area contributed by atoms with E-state index in [-0.39, 0.29) is 40.0 Å². The molecule has 2 atom stereocenters. The zero-order chi connectivity index (χ0) is 31.1. The van der Waals surface area contributed by atoms with Crippen molar-refractivity contribution in [1.82, 2.24) is 9.80 Å². The first-order chi connectivity index (χ1) is 21.2. The van der Waals surface area contributed by atoms with Crippen LogP contribution in [0.15, 0.2) is 54.6 Å². The molecule has 1 amide bonds. The Kier molecular flexibility index (Phi) is 8.87. The summed E-state index contributed by atoms with van der Waals surface area (Å²) in [6.07, 6.45) is 2.29. The average molecular weight is 660 g/mol. The highest BCUT2D eigenvalue weighted by atomic mass is 35.5. The molecular formula is C33H36Cl2N2O6S. The van der Waals surface area contributed by atoms with Crippen LogP contribution in [0.4, 0.5) is 0 Å². The monoisotopic (exact) mass is 658 g/mol. The fourth-order valence-electron chi connectivity index (χ4n) is 6.92. The van der Waals surface area contributed by atoms with Crippen LogP contribution >= 0.6 is 23.2 Å². The number of nitrogens with zero attached hydrogens (tertiary/aromatic N) is 2. The van der Waals surface area contributed by atoms with Crippen LogP contribution in [0.1, 0.15) is 46.3 Å². The van der Waals surface area contributed by atoms with E-state index in [4.69, 9.17) is 37.4 Å². The molecule has 6 rings (SSSR count). The highest BCUT2D eigenvalue weighted by Gasteiger charge is 2.47. The number of morpholine rings is 1. The van der Waals surface area contributed by atoms with Crippen LogP contribution in [-0.4, -0.2) is 78.6 Å². The van der Waals surface area contributed by atoms with Gasteiger partial charge in [0.25, 0.3) is 5.91 Å². The molecule has 8 nitrogen and oxygen atoms in total. The maximum absolute atomic E-state index is 13.8. The van der Waals surface area contributed by atoms with E-state index >= 15 is 0 Å². The van der Waals surface area contributed by atoms with Gasteiger partial charge < -0.3 is 29.1 Å². The molecule has 3 aliphatic rings. The molecule has 11 heteroatoms. The fourth-order valence-corrected chi connectivity index (χ4v) is 9.11. The summed E-state index contributed by atoms with van der Waals surface area (Å²) in [6, 6.07) is 16.8. The van der Waals surface area contributed by atoms with Gasteiger partial charge in [-0.3, -0.25) is 9.00 Å². The SMILES string of the molecule is COc1cc(C(=O)N2CCO[C@](CCN3CCC4(CC3)c3ccccc3CS4=O)(c3ccc(Cl)c(Cl)c3)C2)cc(O)c1OC. The van der Waals surface area contributed by atoms with Crippen molar-refractivity contribution in [1.29, 1.82) is 0 Å². The topological polar surface area (TPSA) is 88.5 Å². The maximum atomic E-state index is 13.8. The van der Waals surface area contributed by atoms with Crippen LogP contribution in [-0.2, 0) is 31.6 Å². The lowest BCUT2D eigenvalue weighted by atomic mass is 9.85. The summed E-state index contributed by atoms with van der Waals surface area (Å²) in [5.41, 5.74) is 2.76. The molecule has 1 spiro atoms. The normalized spacial score (nSPS) is 23.0. The summed E-state index contributed by atoms with van der Waals surface area (Å²) in [5.74, 6) is 0.647. The number of hydrogen-bond donors (Lipinski definition) is 1. The van der Waals surface area contributed by atoms with Crippen LogP contribution in [0.25, 0.3) is 0 Å². The first-order valence-electron chi connectivity index (χ1n) is 14.7. The smallest absolute Gasteiger partial charge is 0.254 e. The standard InChI is InChI=1S/C33H36Cl2N2O6S/c1-41-29-18-23(17-28(38)30(29)42-2)31(39)37-15-16-43-32(21-37,24-7-8-26(34)27(35)19-24)9-12-36-13-10-33(11-14-36)25-6-4-3-5-22(25)20-44(33)40/h3-8,17-19,38H,9-16,20-21H2,1-2H3/t32-,44?/m0/s1. The average Bonchev–Trinajstić information content (AvgIpc) is 3.31. The van der Waals surface area contributed by atoms with Gasteiger partial charge in [-0.15, -0.1) is 0 Å². The minimum Gasteiger partial charge on any atom is -0.504 e. The minimum atomic E-state index is -0.923. The molecular weight excluding hydrogens is 623 g/mol. The zero-order valence-corrected chi connectivity index (χ0v) is 27.1. The quantitative estimate of drug-likeness (QED) is 0.347. The van der Waals surface area contributed by atoms with E-state index in [1.165, 1.54) is 31.4 Å². The van der Waals surface area contributed by atoms with Gasteiger partial charge in [0.05, 0.1) is 42.2 Å². The van der Waals surface area contributed by atoms with Gasteiger partial charge in [0, 0.05) is 35.2 Å². The second-order valence-electron chi connectivity index (χ2n) is 11.7. The van der Waals surface area contributed by atoms with E-state index in [0.717, 1.165) is 38.0 Å². The lowest BCUT2D eigenvalue weighted by Gasteiger charge is -2.45. The molecule has 44 heavy (non-hydrogen) atoms. The first-order valence-corrected chi connectivity index (χ1v) is 16.8. The third-order valence-corrected chi connectivity index (χ3v) is 12.2. The van der Waals surface area contributed by atoms with Crippen LogP contribution in [0.5, 0.6) is 17.2 Å². The zero-order valence-electron chi connectivity index (χ0n) is 24.8. The number of halogens is 2. The maximum Gasteiger partial charge on any atom is 0.254 e. The number of phenolic OH excluding ortho intramolecular Hbond substituents is 1. The lowest BCUT2D eigenvalue weighted by molar-refractivity contribution is -0.113. The molecule has 3 aromatic rings. The van der Waals surface area contributed by atoms with E-state index in [9.17, 15) is 14.1 Å². The number of methoxy groups -OCH3 is 2. The molecule has 1 unspecified atom stereocenters. The molecule has 3 heterocycles. The van der Waals surface area contributed by atoms with Crippen molar-refractivity contribution in [3.63, 3.8) is 0 Å². The van der Waals surface area contributed by atoms with Crippen LogP contribution < -0.4 is 9.47 Å². The summed E-state index contributed by atoms with van der Waals surface area (Å²) in [6.45, 7) is 3.37. The number of likely N-dealkylation sites (tertiary alicyclic amines) is 1. The van der Waals surface area contributed by atoms with Gasteiger partial charge in [-0.05, 0) is 73.3 Å². The number of phenols is 1. The van der Waals surface area contributed by atoms with Crippen LogP contribution in [0.3, 0.4) is 0 Å². The molecule has 0 aromatic heterocycles. The Labute approximate surface area is 270 Å². The highest BCUT2D eigenvalue weighted by molar-refractivity contribution is 7.85. The van der Waals surface area contributed by atoms with Gasteiger partial charge in [0.15, 0.2) is 11.5 Å². The van der Waals surface area contributed by atoms with E-state index in [0.29, 0.717) is 35.4 Å². The minimum absolute atomic E-state index is 0.171. The molecule has 0 saturated carbocycles. The van der Waals surface area contributed by atoms with Crippen molar-refractivity contribution in [3.05, 3.63) is 86.9 Å². The van der Waals surface area contributed by atoms with Crippen molar-refractivity contribution in [2.45, 2.75) is 35.4 Å². The third-order valence-electron chi connectivity index (χ3n) is 9.35. The van der Waals surface area contributed by atoms with Crippen LogP contribution in [0.2, 0.25) is 10.0 Å². The molecule has 2 fully saturated rings. The molecule has 1 N–H and O–H groups in total. The van der Waals surface area contributed by atoms with Crippen LogP contribution in [0, 0.1) is 0 Å². The van der Waals surface area contributed by atoms with Gasteiger partial charge in [-0.2, -0.15) is 0 Å². The van der Waals surface area contributed by atoms with Crippen molar-refractivity contribution >= 4 is 39.9 Å². The Morgan fingerprint density at radius 1 is 1.02 bits per heavy atom. The van der Waals surface area contributed by atoms with Gasteiger partial charge in [-0.25, -0.2) is 0 Å². The molecule has 0 bridgehead atoms. The number of fused-ring (bicyclic) bond motifs is 2. The number of hydrogen-bond acceptors (Lipinski definition) is 7. The van der Waals surface area contributed by atoms with E-state index in [2.05, 4.69) is 17.0 Å². The summed E-state index contributed by atoms with van der Waals surface area (Å²) >= 11 is 12.8. The number of amides is 1. The Bertz CT molecular complexity index is 1590. The number of ether oxygens (including phenoxy) is 3. The molecule has 3 aromatic carbocycles. The molecule has 3 aliphatic heterocycles. The van der Waals surface area contributed by atoms with Gasteiger partial charge in [-0.1, -0.05) is 53.5 Å². The Morgan fingerprint density at radius 2 is 1.80 bits per heavy atom. The largest absolute Gasteiger partial charge is 0.504 e. The molecule has 2 saturated heterocycles. The van der Waals surface area contributed by atoms with E-state index in [1.807, 2.05) is 24.3 Å². The first kappa shape index (κ1) is 31.2. The summed E-state index contributed by atoms with van der Waals surface area (Å²) in [7, 11) is 1.97. The van der Waals surface area contributed by atoms with Gasteiger partial charge >= 0.3 is 0 Å².